The van der Waals surface area contributed by atoms with Crippen molar-refractivity contribution >= 4 is 27.3 Å². The number of carbonyl (C=O) groups excluding carboxylic acids is 1. The summed E-state index contributed by atoms with van der Waals surface area (Å²) in [5.41, 5.74) is 3.40. The fraction of sp³-hybridized carbons (Fsp3) is 0.240. The molecule has 0 bridgehead atoms. The van der Waals surface area contributed by atoms with Crippen molar-refractivity contribution in [2.45, 2.75) is 30.6 Å². The summed E-state index contributed by atoms with van der Waals surface area (Å²) in [6, 6.07) is 21.7. The van der Waals surface area contributed by atoms with Gasteiger partial charge in [-0.15, -0.1) is 0 Å². The lowest BCUT2D eigenvalue weighted by Crippen LogP contribution is -2.35. The van der Waals surface area contributed by atoms with Crippen LogP contribution in [0.2, 0.25) is 0 Å². The number of fused-ring (bicyclic) bond motifs is 1. The molecule has 0 fully saturated rings. The summed E-state index contributed by atoms with van der Waals surface area (Å²) in [6.07, 6.45) is 2.50. The molecule has 166 valence electrons. The van der Waals surface area contributed by atoms with Crippen molar-refractivity contribution in [2.24, 2.45) is 0 Å². The van der Waals surface area contributed by atoms with Gasteiger partial charge in [-0.05, 0) is 60.7 Å². The highest BCUT2D eigenvalue weighted by Gasteiger charge is 2.28. The molecule has 1 N–H and O–H groups in total. The second kappa shape index (κ2) is 9.44. The second-order valence-electron chi connectivity index (χ2n) is 7.73. The highest BCUT2D eigenvalue weighted by molar-refractivity contribution is 7.92. The molecule has 0 aliphatic carbocycles. The van der Waals surface area contributed by atoms with E-state index in [1.807, 2.05) is 36.4 Å². The molecular formula is C25H26N2O4S. The van der Waals surface area contributed by atoms with Gasteiger partial charge in [0.1, 0.15) is 5.75 Å². The topological polar surface area (TPSA) is 75.7 Å². The molecule has 1 amide bonds. The summed E-state index contributed by atoms with van der Waals surface area (Å²) in [4.78, 5) is 12.5. The van der Waals surface area contributed by atoms with E-state index in [1.165, 1.54) is 4.31 Å². The van der Waals surface area contributed by atoms with Crippen LogP contribution in [0.25, 0.3) is 0 Å². The van der Waals surface area contributed by atoms with E-state index < -0.39 is 10.0 Å². The number of para-hydroxylation sites is 1. The number of methoxy groups -OCH3 is 1. The zero-order valence-corrected chi connectivity index (χ0v) is 18.8. The van der Waals surface area contributed by atoms with Crippen molar-refractivity contribution in [2.75, 3.05) is 23.3 Å². The van der Waals surface area contributed by atoms with Gasteiger partial charge in [0, 0.05) is 24.7 Å². The molecule has 1 heterocycles. The molecular weight excluding hydrogens is 424 g/mol. The Morgan fingerprint density at radius 2 is 1.81 bits per heavy atom. The van der Waals surface area contributed by atoms with Crippen molar-refractivity contribution in [1.29, 1.82) is 0 Å². The number of ether oxygens (including phenoxy) is 1. The fourth-order valence-corrected chi connectivity index (χ4v) is 5.43. The van der Waals surface area contributed by atoms with Crippen LogP contribution in [0.5, 0.6) is 5.75 Å². The molecule has 1 aliphatic heterocycles. The normalized spacial score (nSPS) is 13.3. The Morgan fingerprint density at radius 3 is 2.59 bits per heavy atom. The van der Waals surface area contributed by atoms with E-state index in [-0.39, 0.29) is 10.8 Å². The van der Waals surface area contributed by atoms with Crippen LogP contribution in [0.4, 0.5) is 11.4 Å². The molecule has 3 aromatic rings. The third kappa shape index (κ3) is 4.78. The first-order valence-electron chi connectivity index (χ1n) is 10.6. The van der Waals surface area contributed by atoms with Crippen LogP contribution >= 0.6 is 0 Å². The van der Waals surface area contributed by atoms with Gasteiger partial charge < -0.3 is 10.1 Å². The Bertz CT molecular complexity index is 1210. The molecule has 0 aromatic heterocycles. The monoisotopic (exact) mass is 450 g/mol. The van der Waals surface area contributed by atoms with Crippen molar-refractivity contribution in [3.63, 3.8) is 0 Å². The molecule has 0 radical (unpaired) electrons. The largest absolute Gasteiger partial charge is 0.497 e. The first-order valence-corrected chi connectivity index (χ1v) is 12.0. The number of benzene rings is 3. The number of sulfonamides is 1. The van der Waals surface area contributed by atoms with Crippen LogP contribution in [0.3, 0.4) is 0 Å². The Kier molecular flexibility index (Phi) is 6.46. The molecule has 1 aliphatic rings. The third-order valence-electron chi connectivity index (χ3n) is 5.57. The Balaban J connectivity index is 1.40. The zero-order chi connectivity index (χ0) is 22.6. The van der Waals surface area contributed by atoms with Crippen molar-refractivity contribution < 1.29 is 17.9 Å². The first kappa shape index (κ1) is 21.9. The number of nitrogens with zero attached hydrogens (tertiary/aromatic N) is 1. The number of rotatable bonds is 7. The van der Waals surface area contributed by atoms with Crippen molar-refractivity contribution in [1.82, 2.24) is 0 Å². The van der Waals surface area contributed by atoms with Gasteiger partial charge in [-0.3, -0.25) is 9.10 Å². The average Bonchev–Trinajstić information content (AvgIpc) is 2.82. The van der Waals surface area contributed by atoms with E-state index in [0.717, 1.165) is 29.7 Å². The minimum Gasteiger partial charge on any atom is -0.497 e. The Morgan fingerprint density at radius 1 is 1.03 bits per heavy atom. The lowest BCUT2D eigenvalue weighted by molar-refractivity contribution is -0.116. The van der Waals surface area contributed by atoms with Gasteiger partial charge in [0.15, 0.2) is 0 Å². The quantitative estimate of drug-likeness (QED) is 0.579. The predicted molar refractivity (Wildman–Crippen MR) is 126 cm³/mol. The van der Waals surface area contributed by atoms with Crippen LogP contribution in [0.1, 0.15) is 24.0 Å². The molecule has 0 spiro atoms. The standard InChI is InChI=1S/C25H26N2O4S/c1-31-22-9-4-8-21(18-22)26-25(28)16-13-19-11-14-23(15-12-19)32(29,30)27-17-5-7-20-6-2-3-10-24(20)27/h2-4,6,8-12,14-15,18H,5,7,13,16-17H2,1H3,(H,26,28). The number of hydrogen-bond acceptors (Lipinski definition) is 4. The van der Waals surface area contributed by atoms with Crippen LogP contribution in [-0.4, -0.2) is 28.0 Å². The number of carbonyl (C=O) groups is 1. The van der Waals surface area contributed by atoms with Gasteiger partial charge in [-0.25, -0.2) is 8.42 Å². The number of nitrogens with one attached hydrogen (secondary N) is 1. The van der Waals surface area contributed by atoms with Gasteiger partial charge in [-0.2, -0.15) is 0 Å². The molecule has 0 unspecified atom stereocenters. The molecule has 0 saturated heterocycles. The Labute approximate surface area is 188 Å². The number of amides is 1. The van der Waals surface area contributed by atoms with Crippen molar-refractivity contribution in [3.05, 3.63) is 83.9 Å². The minimum absolute atomic E-state index is 0.111. The average molecular weight is 451 g/mol. The molecule has 6 nitrogen and oxygen atoms in total. The molecule has 4 rings (SSSR count). The molecule has 7 heteroatoms. The summed E-state index contributed by atoms with van der Waals surface area (Å²) in [6.45, 7) is 0.478. The predicted octanol–water partition coefficient (Wildman–Crippen LogP) is 4.41. The maximum absolute atomic E-state index is 13.2. The van der Waals surface area contributed by atoms with E-state index >= 15 is 0 Å². The lowest BCUT2D eigenvalue weighted by Gasteiger charge is -2.30. The number of anilines is 2. The summed E-state index contributed by atoms with van der Waals surface area (Å²) >= 11 is 0. The Hall–Kier alpha value is -3.32. The van der Waals surface area contributed by atoms with Gasteiger partial charge in [0.2, 0.25) is 5.91 Å². The van der Waals surface area contributed by atoms with E-state index in [2.05, 4.69) is 5.32 Å². The fourth-order valence-electron chi connectivity index (χ4n) is 3.89. The first-order chi connectivity index (χ1) is 15.5. The number of aryl methyl sites for hydroxylation is 2. The maximum atomic E-state index is 13.2. The molecule has 0 saturated carbocycles. The minimum atomic E-state index is -3.63. The molecule has 32 heavy (non-hydrogen) atoms. The van der Waals surface area contributed by atoms with Crippen LogP contribution in [-0.2, 0) is 27.7 Å². The summed E-state index contributed by atoms with van der Waals surface area (Å²) in [5.74, 6) is 0.566. The number of hydrogen-bond donors (Lipinski definition) is 1. The highest BCUT2D eigenvalue weighted by Crippen LogP contribution is 2.31. The summed E-state index contributed by atoms with van der Waals surface area (Å²) < 4.78 is 33.1. The van der Waals surface area contributed by atoms with Crippen LogP contribution in [0.15, 0.2) is 77.7 Å². The molecule has 3 aromatic carbocycles. The van der Waals surface area contributed by atoms with Crippen LogP contribution < -0.4 is 14.4 Å². The smallest absolute Gasteiger partial charge is 0.264 e. The highest BCUT2D eigenvalue weighted by atomic mass is 32.2. The second-order valence-corrected chi connectivity index (χ2v) is 9.60. The van der Waals surface area contributed by atoms with E-state index in [1.54, 1.807) is 43.5 Å². The SMILES string of the molecule is COc1cccc(NC(=O)CCc2ccc(S(=O)(=O)N3CCCc4ccccc43)cc2)c1. The maximum Gasteiger partial charge on any atom is 0.264 e. The van der Waals surface area contributed by atoms with E-state index in [9.17, 15) is 13.2 Å². The van der Waals surface area contributed by atoms with Gasteiger partial charge >= 0.3 is 0 Å². The summed E-state index contributed by atoms with van der Waals surface area (Å²) in [7, 11) is -2.05. The van der Waals surface area contributed by atoms with Gasteiger partial charge in [-0.1, -0.05) is 36.4 Å². The van der Waals surface area contributed by atoms with E-state index in [0.29, 0.717) is 30.8 Å². The van der Waals surface area contributed by atoms with Crippen LogP contribution in [0, 0.1) is 0 Å². The lowest BCUT2D eigenvalue weighted by atomic mass is 10.0. The van der Waals surface area contributed by atoms with Gasteiger partial charge in [0.25, 0.3) is 10.0 Å². The summed E-state index contributed by atoms with van der Waals surface area (Å²) in [5, 5.41) is 2.85. The van der Waals surface area contributed by atoms with Crippen molar-refractivity contribution in [3.8, 4) is 5.75 Å². The van der Waals surface area contributed by atoms with Gasteiger partial charge in [0.05, 0.1) is 17.7 Å². The zero-order valence-electron chi connectivity index (χ0n) is 18.0. The third-order valence-corrected chi connectivity index (χ3v) is 7.40. The molecule has 0 atom stereocenters. The van der Waals surface area contributed by atoms with E-state index in [4.69, 9.17) is 4.74 Å².